The van der Waals surface area contributed by atoms with E-state index in [0.717, 1.165) is 5.69 Å². The highest BCUT2D eigenvalue weighted by molar-refractivity contribution is 5.38. The fraction of sp³-hybridized carbons (Fsp3) is 0.562. The van der Waals surface area contributed by atoms with Gasteiger partial charge in [-0.25, -0.2) is 0 Å². The van der Waals surface area contributed by atoms with Crippen LogP contribution in [0.4, 0.5) is 5.95 Å². The van der Waals surface area contributed by atoms with Gasteiger partial charge in [-0.1, -0.05) is 43.1 Å². The number of rotatable bonds is 6. The molecule has 1 aliphatic carbocycles. The second kappa shape index (κ2) is 7.35. The number of hydrogen-bond acceptors (Lipinski definition) is 5. The van der Waals surface area contributed by atoms with Crippen molar-refractivity contribution >= 4 is 5.95 Å². The molecule has 1 fully saturated rings. The lowest BCUT2D eigenvalue weighted by molar-refractivity contribution is 0.000342. The maximum Gasteiger partial charge on any atom is 0.247 e. The third-order valence-electron chi connectivity index (χ3n) is 4.22. The number of ether oxygens (including phenoxy) is 1. The topological polar surface area (TPSA) is 64.9 Å². The number of benzene rings is 1. The van der Waals surface area contributed by atoms with E-state index in [4.69, 9.17) is 4.74 Å². The van der Waals surface area contributed by atoms with E-state index >= 15 is 0 Å². The summed E-state index contributed by atoms with van der Waals surface area (Å²) in [5, 5.41) is 15.0. The molecule has 1 N–H and O–H groups in total. The van der Waals surface area contributed by atoms with Crippen LogP contribution in [0.15, 0.2) is 30.3 Å². The molecule has 0 unspecified atom stereocenters. The number of aromatic nitrogens is 4. The zero-order valence-electron chi connectivity index (χ0n) is 13.0. The Morgan fingerprint density at radius 2 is 2.05 bits per heavy atom. The van der Waals surface area contributed by atoms with Gasteiger partial charge in [-0.15, -0.1) is 0 Å². The lowest BCUT2D eigenvalue weighted by Crippen LogP contribution is -2.27. The van der Waals surface area contributed by atoms with E-state index in [-0.39, 0.29) is 0 Å². The monoisotopic (exact) mass is 301 g/mol. The Labute approximate surface area is 130 Å². The van der Waals surface area contributed by atoms with Gasteiger partial charge in [-0.05, 0) is 41.3 Å². The summed E-state index contributed by atoms with van der Waals surface area (Å²) >= 11 is 0. The Bertz CT molecular complexity index is 571. The molecule has 2 atom stereocenters. The SMILES string of the molecule is C[C@@H]1CCCC[C@H]1OCCNc1nnnn1-c1ccccc1. The van der Waals surface area contributed by atoms with E-state index < -0.39 is 0 Å². The molecule has 118 valence electrons. The number of para-hydroxylation sites is 1. The minimum Gasteiger partial charge on any atom is -0.376 e. The van der Waals surface area contributed by atoms with Gasteiger partial charge in [0.15, 0.2) is 0 Å². The highest BCUT2D eigenvalue weighted by Crippen LogP contribution is 2.26. The molecule has 0 amide bonds. The molecule has 1 aromatic heterocycles. The van der Waals surface area contributed by atoms with Crippen LogP contribution in [0.25, 0.3) is 5.69 Å². The number of nitrogens with one attached hydrogen (secondary N) is 1. The Morgan fingerprint density at radius 3 is 2.86 bits per heavy atom. The molecule has 3 rings (SSSR count). The first kappa shape index (κ1) is 15.0. The van der Waals surface area contributed by atoms with Crippen LogP contribution in [-0.4, -0.2) is 39.5 Å². The van der Waals surface area contributed by atoms with Crippen LogP contribution in [0, 0.1) is 5.92 Å². The van der Waals surface area contributed by atoms with Gasteiger partial charge in [0.05, 0.1) is 18.4 Å². The molecule has 6 nitrogen and oxygen atoms in total. The van der Waals surface area contributed by atoms with E-state index in [1.165, 1.54) is 25.7 Å². The predicted octanol–water partition coefficient (Wildman–Crippen LogP) is 2.67. The highest BCUT2D eigenvalue weighted by Gasteiger charge is 2.21. The predicted molar refractivity (Wildman–Crippen MR) is 85.0 cm³/mol. The van der Waals surface area contributed by atoms with Gasteiger partial charge in [0.1, 0.15) is 0 Å². The van der Waals surface area contributed by atoms with Crippen LogP contribution in [-0.2, 0) is 4.74 Å². The maximum atomic E-state index is 6.00. The van der Waals surface area contributed by atoms with E-state index in [2.05, 4.69) is 27.8 Å². The normalized spacial score (nSPS) is 21.7. The molecule has 22 heavy (non-hydrogen) atoms. The summed E-state index contributed by atoms with van der Waals surface area (Å²) in [5.74, 6) is 1.31. The minimum atomic E-state index is 0.403. The third-order valence-corrected chi connectivity index (χ3v) is 4.22. The van der Waals surface area contributed by atoms with Crippen molar-refractivity contribution in [3.63, 3.8) is 0 Å². The molecule has 0 bridgehead atoms. The Hall–Kier alpha value is -1.95. The summed E-state index contributed by atoms with van der Waals surface area (Å²) < 4.78 is 7.70. The van der Waals surface area contributed by atoms with E-state index in [9.17, 15) is 0 Å². The molecule has 2 aromatic rings. The summed E-state index contributed by atoms with van der Waals surface area (Å²) in [5.41, 5.74) is 0.942. The zero-order valence-corrected chi connectivity index (χ0v) is 13.0. The van der Waals surface area contributed by atoms with Crippen LogP contribution in [0.5, 0.6) is 0 Å². The van der Waals surface area contributed by atoms with Gasteiger partial charge in [0.25, 0.3) is 0 Å². The van der Waals surface area contributed by atoms with Gasteiger partial charge >= 0.3 is 0 Å². The van der Waals surface area contributed by atoms with Crippen molar-refractivity contribution in [2.24, 2.45) is 5.92 Å². The van der Waals surface area contributed by atoms with Crippen LogP contribution < -0.4 is 5.32 Å². The highest BCUT2D eigenvalue weighted by atomic mass is 16.5. The van der Waals surface area contributed by atoms with Crippen LogP contribution in [0.2, 0.25) is 0 Å². The van der Waals surface area contributed by atoms with Gasteiger partial charge in [0.2, 0.25) is 5.95 Å². The van der Waals surface area contributed by atoms with Crippen LogP contribution in [0.3, 0.4) is 0 Å². The molecule has 0 spiro atoms. The molecule has 1 aliphatic rings. The fourth-order valence-electron chi connectivity index (χ4n) is 2.94. The summed E-state index contributed by atoms with van der Waals surface area (Å²) in [7, 11) is 0. The molecule has 1 aromatic carbocycles. The molecular weight excluding hydrogens is 278 g/mol. The average molecular weight is 301 g/mol. The van der Waals surface area contributed by atoms with Crippen molar-refractivity contribution in [1.29, 1.82) is 0 Å². The van der Waals surface area contributed by atoms with Gasteiger partial charge in [0, 0.05) is 6.54 Å². The summed E-state index contributed by atoms with van der Waals surface area (Å²) in [6.07, 6.45) is 5.49. The number of nitrogens with zero attached hydrogens (tertiary/aromatic N) is 4. The first-order valence-electron chi connectivity index (χ1n) is 8.04. The average Bonchev–Trinajstić information content (AvgIpc) is 3.02. The first-order chi connectivity index (χ1) is 10.8. The molecule has 0 saturated heterocycles. The Morgan fingerprint density at radius 1 is 1.23 bits per heavy atom. The van der Waals surface area contributed by atoms with Crippen molar-refractivity contribution in [3.8, 4) is 5.69 Å². The Kier molecular flexibility index (Phi) is 5.00. The molecular formula is C16H23N5O. The minimum absolute atomic E-state index is 0.403. The third kappa shape index (κ3) is 3.62. The number of tetrazole rings is 1. The number of anilines is 1. The van der Waals surface area contributed by atoms with Crippen molar-refractivity contribution in [2.45, 2.75) is 38.7 Å². The quantitative estimate of drug-likeness (QED) is 0.831. The van der Waals surface area contributed by atoms with Gasteiger partial charge < -0.3 is 10.1 Å². The number of hydrogen-bond donors (Lipinski definition) is 1. The standard InChI is InChI=1S/C16H23N5O/c1-13-7-5-6-10-15(13)22-12-11-17-16-18-19-20-21(16)14-8-3-2-4-9-14/h2-4,8-9,13,15H,5-7,10-12H2,1H3,(H,17,18,20)/t13-,15-/m1/s1. The lowest BCUT2D eigenvalue weighted by Gasteiger charge is -2.28. The van der Waals surface area contributed by atoms with E-state index in [1.807, 2.05) is 30.3 Å². The van der Waals surface area contributed by atoms with Gasteiger partial charge in [-0.3, -0.25) is 0 Å². The fourth-order valence-corrected chi connectivity index (χ4v) is 2.94. The first-order valence-corrected chi connectivity index (χ1v) is 8.04. The smallest absolute Gasteiger partial charge is 0.247 e. The van der Waals surface area contributed by atoms with Crippen molar-refractivity contribution in [2.75, 3.05) is 18.5 Å². The van der Waals surface area contributed by atoms with Crippen LogP contribution in [0.1, 0.15) is 32.6 Å². The Balaban J connectivity index is 1.49. The largest absolute Gasteiger partial charge is 0.376 e. The second-order valence-electron chi connectivity index (χ2n) is 5.85. The van der Waals surface area contributed by atoms with Crippen LogP contribution >= 0.6 is 0 Å². The van der Waals surface area contributed by atoms with Crippen molar-refractivity contribution < 1.29 is 4.74 Å². The molecule has 1 heterocycles. The maximum absolute atomic E-state index is 6.00. The van der Waals surface area contributed by atoms with Gasteiger partial charge in [-0.2, -0.15) is 4.68 Å². The summed E-state index contributed by atoms with van der Waals surface area (Å²) in [6, 6.07) is 9.85. The molecule has 0 aliphatic heterocycles. The van der Waals surface area contributed by atoms with Crippen molar-refractivity contribution in [1.82, 2.24) is 20.2 Å². The van der Waals surface area contributed by atoms with E-state index in [0.29, 0.717) is 31.1 Å². The lowest BCUT2D eigenvalue weighted by atomic mass is 9.88. The van der Waals surface area contributed by atoms with E-state index in [1.54, 1.807) is 4.68 Å². The molecule has 6 heteroatoms. The summed E-state index contributed by atoms with van der Waals surface area (Å²) in [6.45, 7) is 3.67. The second-order valence-corrected chi connectivity index (χ2v) is 5.85. The summed E-state index contributed by atoms with van der Waals surface area (Å²) in [4.78, 5) is 0. The molecule has 0 radical (unpaired) electrons. The van der Waals surface area contributed by atoms with Crippen molar-refractivity contribution in [3.05, 3.63) is 30.3 Å². The molecule has 1 saturated carbocycles. The zero-order chi connectivity index (χ0) is 15.2.